The van der Waals surface area contributed by atoms with Crippen LogP contribution in [0.5, 0.6) is 11.5 Å². The molecule has 4 rings (SSSR count). The average molecular weight is 514 g/mol. The molecular weight excluding hydrogens is 501 g/mol. The van der Waals surface area contributed by atoms with Crippen molar-refractivity contribution in [3.05, 3.63) is 69.7 Å². The number of carbonyl (C=O) groups is 1. The zero-order valence-electron chi connectivity index (χ0n) is 17.0. The first-order chi connectivity index (χ1) is 16.0. The van der Waals surface area contributed by atoms with E-state index in [-0.39, 0.29) is 44.0 Å². The fourth-order valence-corrected chi connectivity index (χ4v) is 3.70. The van der Waals surface area contributed by atoms with Crippen molar-refractivity contribution in [2.24, 2.45) is 7.05 Å². The molecule has 4 aromatic rings. The van der Waals surface area contributed by atoms with E-state index in [1.807, 2.05) is 0 Å². The highest BCUT2D eigenvalue weighted by Gasteiger charge is 2.32. The summed E-state index contributed by atoms with van der Waals surface area (Å²) in [5.41, 5.74) is 4.81. The molecule has 0 atom stereocenters. The molecule has 13 heteroatoms. The lowest BCUT2D eigenvalue weighted by Gasteiger charge is -2.16. The van der Waals surface area contributed by atoms with Crippen LogP contribution in [-0.2, 0) is 13.2 Å². The van der Waals surface area contributed by atoms with Gasteiger partial charge in [-0.3, -0.25) is 14.5 Å². The maximum atomic E-state index is 13.8. The van der Waals surface area contributed by atoms with Crippen molar-refractivity contribution >= 4 is 51.5 Å². The SMILES string of the molecule is Cn1nc(N)c2c(Oc3cc(F)ccc3Cl)c(NC(=O)c3cncc(C(F)(F)F)c3)cc(Cl)c21. The minimum Gasteiger partial charge on any atom is -0.453 e. The van der Waals surface area contributed by atoms with Crippen molar-refractivity contribution in [3.8, 4) is 11.5 Å². The number of anilines is 2. The third kappa shape index (κ3) is 4.44. The number of pyridine rings is 1. The molecule has 0 fully saturated rings. The molecule has 0 bridgehead atoms. The second kappa shape index (κ2) is 8.65. The van der Waals surface area contributed by atoms with E-state index in [0.29, 0.717) is 17.8 Å². The van der Waals surface area contributed by atoms with E-state index >= 15 is 0 Å². The van der Waals surface area contributed by atoms with Gasteiger partial charge in [-0.05, 0) is 24.3 Å². The van der Waals surface area contributed by atoms with E-state index in [4.69, 9.17) is 33.7 Å². The molecule has 2 aromatic carbocycles. The summed E-state index contributed by atoms with van der Waals surface area (Å²) in [5.74, 6) is -1.81. The Morgan fingerprint density at radius 3 is 2.59 bits per heavy atom. The lowest BCUT2D eigenvalue weighted by molar-refractivity contribution is -0.137. The van der Waals surface area contributed by atoms with Crippen LogP contribution in [0.1, 0.15) is 15.9 Å². The number of rotatable bonds is 4. The summed E-state index contributed by atoms with van der Waals surface area (Å²) in [7, 11) is 1.57. The Kier molecular flexibility index (Phi) is 6.00. The highest BCUT2D eigenvalue weighted by Crippen LogP contribution is 2.45. The molecule has 0 radical (unpaired) electrons. The summed E-state index contributed by atoms with van der Waals surface area (Å²) in [5, 5.41) is 6.86. The molecule has 0 aliphatic rings. The van der Waals surface area contributed by atoms with Gasteiger partial charge in [-0.15, -0.1) is 0 Å². The van der Waals surface area contributed by atoms with E-state index in [0.717, 1.165) is 18.3 Å². The number of nitrogens with two attached hydrogens (primary N) is 1. The van der Waals surface area contributed by atoms with Gasteiger partial charge in [0.05, 0.1) is 37.8 Å². The molecule has 0 unspecified atom stereocenters. The number of nitrogens with zero attached hydrogens (tertiary/aromatic N) is 3. The van der Waals surface area contributed by atoms with Crippen LogP contribution in [0.4, 0.5) is 29.1 Å². The van der Waals surface area contributed by atoms with Crippen LogP contribution >= 0.6 is 23.2 Å². The first-order valence-corrected chi connectivity index (χ1v) is 10.1. The monoisotopic (exact) mass is 513 g/mol. The van der Waals surface area contributed by atoms with Gasteiger partial charge in [0.15, 0.2) is 11.6 Å². The topological polar surface area (TPSA) is 95.1 Å². The van der Waals surface area contributed by atoms with Crippen molar-refractivity contribution in [2.75, 3.05) is 11.1 Å². The van der Waals surface area contributed by atoms with Crippen LogP contribution in [0, 0.1) is 5.82 Å². The summed E-state index contributed by atoms with van der Waals surface area (Å²) in [6.07, 6.45) is -3.14. The first-order valence-electron chi connectivity index (χ1n) is 9.37. The van der Waals surface area contributed by atoms with Crippen molar-refractivity contribution in [1.29, 1.82) is 0 Å². The number of aromatic nitrogens is 3. The normalized spacial score (nSPS) is 11.6. The zero-order valence-corrected chi connectivity index (χ0v) is 18.6. The maximum Gasteiger partial charge on any atom is 0.417 e. The number of hydrogen-bond donors (Lipinski definition) is 2. The number of amides is 1. The Balaban J connectivity index is 1.84. The number of alkyl halides is 3. The van der Waals surface area contributed by atoms with E-state index in [2.05, 4.69) is 15.4 Å². The van der Waals surface area contributed by atoms with E-state index in [1.165, 1.54) is 16.8 Å². The standard InChI is InChI=1S/C21H13Cl2F4N5O2/c1-32-17-13(23)6-14(30-20(33)9-4-10(8-29-7-9)21(25,26)27)18(16(17)19(28)31-32)34-15-5-11(24)2-3-12(15)22/h2-8H,1H3,(H2,28,31)(H,30,33). The molecule has 0 aliphatic carbocycles. The van der Waals surface area contributed by atoms with Crippen LogP contribution in [0.3, 0.4) is 0 Å². The van der Waals surface area contributed by atoms with Gasteiger partial charge in [-0.25, -0.2) is 4.39 Å². The van der Waals surface area contributed by atoms with Gasteiger partial charge in [0.25, 0.3) is 5.91 Å². The van der Waals surface area contributed by atoms with Crippen LogP contribution in [0.15, 0.2) is 42.7 Å². The van der Waals surface area contributed by atoms with Gasteiger partial charge in [-0.1, -0.05) is 23.2 Å². The molecule has 0 saturated carbocycles. The second-order valence-electron chi connectivity index (χ2n) is 7.06. The molecule has 176 valence electrons. The molecule has 0 aliphatic heterocycles. The fourth-order valence-electron chi connectivity index (χ4n) is 3.22. The minimum atomic E-state index is -4.70. The molecule has 0 spiro atoms. The van der Waals surface area contributed by atoms with Gasteiger partial charge in [-0.2, -0.15) is 18.3 Å². The van der Waals surface area contributed by atoms with E-state index in [1.54, 1.807) is 7.05 Å². The highest BCUT2D eigenvalue weighted by atomic mass is 35.5. The number of carbonyl (C=O) groups excluding carboxylic acids is 1. The van der Waals surface area contributed by atoms with E-state index < -0.39 is 23.5 Å². The number of nitrogen functional groups attached to an aromatic ring is 1. The van der Waals surface area contributed by atoms with Crippen molar-refractivity contribution in [1.82, 2.24) is 14.8 Å². The molecule has 2 heterocycles. The number of nitrogens with one attached hydrogen (secondary N) is 1. The van der Waals surface area contributed by atoms with Gasteiger partial charge in [0, 0.05) is 25.5 Å². The largest absolute Gasteiger partial charge is 0.453 e. The summed E-state index contributed by atoms with van der Waals surface area (Å²) in [6, 6.07) is 5.34. The Labute approximate surface area is 199 Å². The van der Waals surface area contributed by atoms with Crippen LogP contribution in [0.2, 0.25) is 10.0 Å². The van der Waals surface area contributed by atoms with Gasteiger partial charge in [0.1, 0.15) is 11.6 Å². The van der Waals surface area contributed by atoms with Gasteiger partial charge in [0.2, 0.25) is 0 Å². The maximum absolute atomic E-state index is 13.8. The smallest absolute Gasteiger partial charge is 0.417 e. The van der Waals surface area contributed by atoms with Crippen LogP contribution < -0.4 is 15.8 Å². The molecule has 2 aromatic heterocycles. The summed E-state index contributed by atoms with van der Waals surface area (Å²) in [4.78, 5) is 16.3. The molecular formula is C21H13Cl2F4N5O2. The lowest BCUT2D eigenvalue weighted by Crippen LogP contribution is -2.15. The molecule has 0 saturated heterocycles. The summed E-state index contributed by atoms with van der Waals surface area (Å²) in [6.45, 7) is 0. The van der Waals surface area contributed by atoms with E-state index in [9.17, 15) is 22.4 Å². The Morgan fingerprint density at radius 2 is 1.88 bits per heavy atom. The number of halogens is 6. The second-order valence-corrected chi connectivity index (χ2v) is 7.87. The predicted molar refractivity (Wildman–Crippen MR) is 119 cm³/mol. The average Bonchev–Trinajstić information content (AvgIpc) is 3.07. The number of fused-ring (bicyclic) bond motifs is 1. The van der Waals surface area contributed by atoms with Crippen molar-refractivity contribution < 1.29 is 27.1 Å². The Bertz CT molecular complexity index is 1440. The number of hydrogen-bond acceptors (Lipinski definition) is 5. The highest BCUT2D eigenvalue weighted by molar-refractivity contribution is 6.36. The predicted octanol–water partition coefficient (Wildman–Crippen LogP) is 6.06. The number of aryl methyl sites for hydroxylation is 1. The minimum absolute atomic E-state index is 0.0289. The Morgan fingerprint density at radius 1 is 1.15 bits per heavy atom. The third-order valence-electron chi connectivity index (χ3n) is 4.72. The number of benzene rings is 2. The van der Waals surface area contributed by atoms with Crippen molar-refractivity contribution in [2.45, 2.75) is 6.18 Å². The molecule has 1 amide bonds. The van der Waals surface area contributed by atoms with Crippen LogP contribution in [0.25, 0.3) is 10.9 Å². The Hall–Kier alpha value is -3.57. The van der Waals surface area contributed by atoms with Crippen LogP contribution in [-0.4, -0.2) is 20.7 Å². The lowest BCUT2D eigenvalue weighted by atomic mass is 10.1. The zero-order chi connectivity index (χ0) is 24.8. The summed E-state index contributed by atoms with van der Waals surface area (Å²) < 4.78 is 60.1. The quantitative estimate of drug-likeness (QED) is 0.323. The molecule has 7 nitrogen and oxygen atoms in total. The van der Waals surface area contributed by atoms with Crippen molar-refractivity contribution in [3.63, 3.8) is 0 Å². The number of ether oxygens (including phenoxy) is 1. The molecule has 34 heavy (non-hydrogen) atoms. The summed E-state index contributed by atoms with van der Waals surface area (Å²) >= 11 is 12.5. The molecule has 3 N–H and O–H groups in total. The van der Waals surface area contributed by atoms with Gasteiger partial charge >= 0.3 is 6.18 Å². The first kappa shape index (κ1) is 23.6. The fraction of sp³-hybridized carbons (Fsp3) is 0.0952. The third-order valence-corrected chi connectivity index (χ3v) is 5.32. The van der Waals surface area contributed by atoms with Gasteiger partial charge < -0.3 is 15.8 Å².